The number of benzene rings is 3. The van der Waals surface area contributed by atoms with Crippen molar-refractivity contribution < 1.29 is 4.79 Å². The highest BCUT2D eigenvalue weighted by molar-refractivity contribution is 5.92. The molecule has 1 atom stereocenters. The first-order valence-corrected chi connectivity index (χ1v) is 12.1. The van der Waals surface area contributed by atoms with Gasteiger partial charge in [0.05, 0.1) is 22.6 Å². The number of fused-ring (bicyclic) bond motifs is 1. The first-order valence-electron chi connectivity index (χ1n) is 12.1. The number of para-hydroxylation sites is 1. The molecule has 1 aromatic heterocycles. The molecule has 1 amide bonds. The number of likely N-dealkylation sites (N-methyl/N-ethyl adjacent to an activating group) is 1. The van der Waals surface area contributed by atoms with Crippen LogP contribution < -0.4 is 5.56 Å². The molecule has 184 valence electrons. The van der Waals surface area contributed by atoms with E-state index in [0.29, 0.717) is 29.8 Å². The van der Waals surface area contributed by atoms with Crippen molar-refractivity contribution in [2.24, 2.45) is 0 Å². The molecule has 0 saturated heterocycles. The molecule has 4 rings (SSSR count). The van der Waals surface area contributed by atoms with Crippen molar-refractivity contribution in [1.82, 2.24) is 19.4 Å². The summed E-state index contributed by atoms with van der Waals surface area (Å²) in [4.78, 5) is 36.0. The number of amides is 1. The van der Waals surface area contributed by atoms with E-state index in [4.69, 9.17) is 4.98 Å². The van der Waals surface area contributed by atoms with Crippen molar-refractivity contribution >= 4 is 22.9 Å². The number of carbonyl (C=O) groups is 1. The minimum absolute atomic E-state index is 0.133. The molecule has 0 aliphatic rings. The van der Waals surface area contributed by atoms with Gasteiger partial charge in [-0.25, -0.2) is 4.98 Å². The van der Waals surface area contributed by atoms with E-state index in [1.807, 2.05) is 112 Å². The predicted molar refractivity (Wildman–Crippen MR) is 146 cm³/mol. The zero-order valence-electron chi connectivity index (χ0n) is 21.3. The Bertz CT molecular complexity index is 1440. The van der Waals surface area contributed by atoms with E-state index in [-0.39, 0.29) is 11.5 Å². The molecular formula is C30H32N4O2. The summed E-state index contributed by atoms with van der Waals surface area (Å²) in [5.41, 5.74) is 3.20. The second kappa shape index (κ2) is 11.1. The van der Waals surface area contributed by atoms with Crippen molar-refractivity contribution in [1.29, 1.82) is 0 Å². The summed E-state index contributed by atoms with van der Waals surface area (Å²) >= 11 is 0. The number of aromatic nitrogens is 2. The summed E-state index contributed by atoms with van der Waals surface area (Å²) in [6.45, 7) is 5.10. The SMILES string of the molecule is Cc1cccc(-n2c(C(C)N(CCN(C)C)C(=O)/C=C/c3ccccc3)nc3ccccc3c2=O)c1. The number of nitrogens with zero attached hydrogens (tertiary/aromatic N) is 4. The normalized spacial score (nSPS) is 12.4. The van der Waals surface area contributed by atoms with Gasteiger partial charge in [-0.2, -0.15) is 0 Å². The first-order chi connectivity index (χ1) is 17.3. The smallest absolute Gasteiger partial charge is 0.266 e. The summed E-state index contributed by atoms with van der Waals surface area (Å²) < 4.78 is 1.65. The molecule has 0 bridgehead atoms. The van der Waals surface area contributed by atoms with Gasteiger partial charge in [0.2, 0.25) is 5.91 Å². The van der Waals surface area contributed by atoms with E-state index >= 15 is 0 Å². The molecule has 0 aliphatic heterocycles. The molecule has 6 heteroatoms. The average Bonchev–Trinajstić information content (AvgIpc) is 2.87. The van der Waals surface area contributed by atoms with Gasteiger partial charge in [-0.1, -0.05) is 54.6 Å². The Balaban J connectivity index is 1.83. The van der Waals surface area contributed by atoms with Gasteiger partial charge in [-0.3, -0.25) is 14.2 Å². The third-order valence-electron chi connectivity index (χ3n) is 6.19. The van der Waals surface area contributed by atoms with E-state index in [0.717, 1.165) is 16.8 Å². The van der Waals surface area contributed by atoms with Crippen LogP contribution in [0.2, 0.25) is 0 Å². The third-order valence-corrected chi connectivity index (χ3v) is 6.19. The highest BCUT2D eigenvalue weighted by Crippen LogP contribution is 2.24. The van der Waals surface area contributed by atoms with Gasteiger partial charge >= 0.3 is 0 Å². The average molecular weight is 481 g/mol. The lowest BCUT2D eigenvalue weighted by Crippen LogP contribution is -2.40. The highest BCUT2D eigenvalue weighted by Gasteiger charge is 2.26. The van der Waals surface area contributed by atoms with E-state index in [2.05, 4.69) is 0 Å². The van der Waals surface area contributed by atoms with Gasteiger partial charge in [0, 0.05) is 19.2 Å². The first kappa shape index (κ1) is 25.1. The van der Waals surface area contributed by atoms with Crippen LogP contribution in [0.4, 0.5) is 0 Å². The fraction of sp³-hybridized carbons (Fsp3) is 0.233. The molecule has 3 aromatic carbocycles. The quantitative estimate of drug-likeness (QED) is 0.338. The Labute approximate surface area is 212 Å². The summed E-state index contributed by atoms with van der Waals surface area (Å²) in [5, 5.41) is 0.546. The number of rotatable bonds is 8. The molecule has 1 heterocycles. The molecule has 0 fully saturated rings. The monoisotopic (exact) mass is 480 g/mol. The summed E-state index contributed by atoms with van der Waals surface area (Å²) in [6, 6.07) is 24.4. The molecular weight excluding hydrogens is 448 g/mol. The summed E-state index contributed by atoms with van der Waals surface area (Å²) in [6.07, 6.45) is 3.41. The van der Waals surface area contributed by atoms with Crippen molar-refractivity contribution in [3.63, 3.8) is 0 Å². The molecule has 1 unspecified atom stereocenters. The van der Waals surface area contributed by atoms with Crippen LogP contribution in [0.5, 0.6) is 0 Å². The topological polar surface area (TPSA) is 58.4 Å². The lowest BCUT2D eigenvalue weighted by atomic mass is 10.1. The highest BCUT2D eigenvalue weighted by atomic mass is 16.2. The van der Waals surface area contributed by atoms with Crippen LogP contribution in [0.25, 0.3) is 22.7 Å². The number of hydrogen-bond acceptors (Lipinski definition) is 4. The van der Waals surface area contributed by atoms with Crippen molar-refractivity contribution in [3.8, 4) is 5.69 Å². The van der Waals surface area contributed by atoms with Gasteiger partial charge in [0.15, 0.2) is 0 Å². The predicted octanol–water partition coefficient (Wildman–Crippen LogP) is 4.86. The third kappa shape index (κ3) is 5.61. The van der Waals surface area contributed by atoms with Crippen LogP contribution in [0, 0.1) is 6.92 Å². The maximum absolute atomic E-state index is 13.7. The van der Waals surface area contributed by atoms with Crippen LogP contribution in [0.3, 0.4) is 0 Å². The number of aryl methyl sites for hydroxylation is 1. The molecule has 0 N–H and O–H groups in total. The van der Waals surface area contributed by atoms with Crippen LogP contribution in [-0.2, 0) is 4.79 Å². The van der Waals surface area contributed by atoms with Gasteiger partial charge in [-0.15, -0.1) is 0 Å². The van der Waals surface area contributed by atoms with E-state index in [1.165, 1.54) is 0 Å². The van der Waals surface area contributed by atoms with Crippen molar-refractivity contribution in [2.75, 3.05) is 27.2 Å². The van der Waals surface area contributed by atoms with Crippen molar-refractivity contribution in [3.05, 3.63) is 112 Å². The zero-order valence-corrected chi connectivity index (χ0v) is 21.3. The lowest BCUT2D eigenvalue weighted by molar-refractivity contribution is -0.128. The molecule has 0 saturated carbocycles. The number of hydrogen-bond donors (Lipinski definition) is 0. The minimum Gasteiger partial charge on any atom is -0.328 e. The molecule has 6 nitrogen and oxygen atoms in total. The van der Waals surface area contributed by atoms with Crippen LogP contribution in [0.15, 0.2) is 89.7 Å². The zero-order chi connectivity index (χ0) is 25.7. The van der Waals surface area contributed by atoms with Crippen LogP contribution >= 0.6 is 0 Å². The van der Waals surface area contributed by atoms with Gasteiger partial charge < -0.3 is 9.80 Å². The van der Waals surface area contributed by atoms with Crippen LogP contribution in [0.1, 0.15) is 29.9 Å². The van der Waals surface area contributed by atoms with Gasteiger partial charge in [0.1, 0.15) is 5.82 Å². The summed E-state index contributed by atoms with van der Waals surface area (Å²) in [7, 11) is 3.95. The second-order valence-electron chi connectivity index (χ2n) is 9.22. The Morgan fingerprint density at radius 3 is 2.42 bits per heavy atom. The van der Waals surface area contributed by atoms with Crippen LogP contribution in [-0.4, -0.2) is 52.4 Å². The van der Waals surface area contributed by atoms with Gasteiger partial charge in [-0.05, 0) is 69.4 Å². The van der Waals surface area contributed by atoms with E-state index < -0.39 is 6.04 Å². The van der Waals surface area contributed by atoms with E-state index in [9.17, 15) is 9.59 Å². The maximum atomic E-state index is 13.7. The Hall–Kier alpha value is -4.03. The minimum atomic E-state index is -0.448. The van der Waals surface area contributed by atoms with Gasteiger partial charge in [0.25, 0.3) is 5.56 Å². The summed E-state index contributed by atoms with van der Waals surface area (Å²) in [5.74, 6) is 0.399. The second-order valence-corrected chi connectivity index (χ2v) is 9.22. The molecule has 4 aromatic rings. The Kier molecular flexibility index (Phi) is 7.76. The lowest BCUT2D eigenvalue weighted by Gasteiger charge is -2.30. The molecule has 0 radical (unpaired) electrons. The largest absolute Gasteiger partial charge is 0.328 e. The number of carbonyl (C=O) groups excluding carboxylic acids is 1. The maximum Gasteiger partial charge on any atom is 0.266 e. The Morgan fingerprint density at radius 1 is 0.972 bits per heavy atom. The molecule has 0 aliphatic carbocycles. The molecule has 36 heavy (non-hydrogen) atoms. The molecule has 0 spiro atoms. The fourth-order valence-corrected chi connectivity index (χ4v) is 4.22. The Morgan fingerprint density at radius 2 is 1.69 bits per heavy atom. The van der Waals surface area contributed by atoms with E-state index in [1.54, 1.807) is 21.6 Å². The standard InChI is InChI=1S/C30H32N4O2/c1-22-11-10-14-25(21-22)34-29(31-27-16-9-8-15-26(27)30(34)36)23(2)33(20-19-32(3)4)28(35)18-17-24-12-6-5-7-13-24/h5-18,21,23H,19-20H2,1-4H3/b18-17+. The van der Waals surface area contributed by atoms with Crippen molar-refractivity contribution in [2.45, 2.75) is 19.9 Å². The fourth-order valence-electron chi connectivity index (χ4n) is 4.22.